The lowest BCUT2D eigenvalue weighted by molar-refractivity contribution is 0.111. The van der Waals surface area contributed by atoms with Crippen molar-refractivity contribution in [3.63, 3.8) is 0 Å². The lowest BCUT2D eigenvalue weighted by Gasteiger charge is -2.31. The van der Waals surface area contributed by atoms with Crippen LogP contribution in [0.3, 0.4) is 0 Å². The Balaban J connectivity index is 1.27. The molecule has 4 rings (SSSR count). The number of rotatable bonds is 6. The fourth-order valence-electron chi connectivity index (χ4n) is 3.54. The summed E-state index contributed by atoms with van der Waals surface area (Å²) in [6, 6.07) is 10.3. The van der Waals surface area contributed by atoms with Crippen molar-refractivity contribution in [1.29, 1.82) is 0 Å². The Morgan fingerprint density at radius 1 is 1.19 bits per heavy atom. The molecule has 2 aromatic carbocycles. The smallest absolute Gasteiger partial charge is 0.317 e. The first-order valence-corrected chi connectivity index (χ1v) is 10.8. The summed E-state index contributed by atoms with van der Waals surface area (Å²) in [5.41, 5.74) is 1.27. The van der Waals surface area contributed by atoms with Crippen LogP contribution >= 0.6 is 11.3 Å². The number of carbonyl (C=O) groups excluding carboxylic acids is 1. The first-order chi connectivity index (χ1) is 15.1. The van der Waals surface area contributed by atoms with Crippen LogP contribution in [0.5, 0.6) is 16.7 Å². The van der Waals surface area contributed by atoms with Gasteiger partial charge < -0.3 is 24.4 Å². The highest BCUT2D eigenvalue weighted by atomic mass is 32.1. The summed E-state index contributed by atoms with van der Waals surface area (Å²) < 4.78 is 31.1. The van der Waals surface area contributed by atoms with Crippen molar-refractivity contribution in [3.8, 4) is 16.7 Å². The normalized spacial score (nSPS) is 14.5. The number of methoxy groups -OCH3 is 2. The third-order valence-electron chi connectivity index (χ3n) is 5.24. The van der Waals surface area contributed by atoms with E-state index < -0.39 is 0 Å². The predicted octanol–water partition coefficient (Wildman–Crippen LogP) is 4.21. The first-order valence-electron chi connectivity index (χ1n) is 10.0. The molecule has 9 heteroatoms. The van der Waals surface area contributed by atoms with Crippen molar-refractivity contribution >= 4 is 27.6 Å². The molecule has 1 fully saturated rings. The fourth-order valence-corrected chi connectivity index (χ4v) is 4.44. The number of aromatic nitrogens is 1. The molecule has 0 atom stereocenters. The molecule has 31 heavy (non-hydrogen) atoms. The van der Waals surface area contributed by atoms with Gasteiger partial charge in [0.1, 0.15) is 17.4 Å². The second-order valence-corrected chi connectivity index (χ2v) is 8.21. The van der Waals surface area contributed by atoms with E-state index in [0.29, 0.717) is 54.7 Å². The summed E-state index contributed by atoms with van der Waals surface area (Å²) in [6.07, 6.45) is 1.35. The van der Waals surface area contributed by atoms with Gasteiger partial charge in [-0.3, -0.25) is 0 Å². The van der Waals surface area contributed by atoms with E-state index >= 15 is 0 Å². The van der Waals surface area contributed by atoms with Crippen molar-refractivity contribution in [1.82, 2.24) is 15.2 Å². The van der Waals surface area contributed by atoms with Crippen molar-refractivity contribution < 1.29 is 23.4 Å². The minimum Gasteiger partial charge on any atom is -0.493 e. The number of hydrogen-bond acceptors (Lipinski definition) is 6. The number of halogens is 1. The number of amides is 2. The van der Waals surface area contributed by atoms with Crippen LogP contribution in [0.4, 0.5) is 9.18 Å². The molecule has 2 amide bonds. The molecule has 7 nitrogen and oxygen atoms in total. The zero-order valence-corrected chi connectivity index (χ0v) is 18.2. The van der Waals surface area contributed by atoms with Crippen LogP contribution in [0.1, 0.15) is 18.4 Å². The Hall–Kier alpha value is -3.07. The molecule has 0 unspecified atom stereocenters. The number of para-hydroxylation sites is 1. The lowest BCUT2D eigenvalue weighted by Crippen LogP contribution is -2.46. The number of urea groups is 1. The molecule has 0 bridgehead atoms. The molecule has 1 aliphatic heterocycles. The molecule has 2 heterocycles. The monoisotopic (exact) mass is 445 g/mol. The number of carbonyl (C=O) groups is 1. The maximum atomic E-state index is 13.8. The van der Waals surface area contributed by atoms with Gasteiger partial charge in [-0.2, -0.15) is 4.98 Å². The van der Waals surface area contributed by atoms with Gasteiger partial charge in [0.05, 0.1) is 18.9 Å². The van der Waals surface area contributed by atoms with Gasteiger partial charge in [-0.25, -0.2) is 9.18 Å². The highest BCUT2D eigenvalue weighted by Gasteiger charge is 2.25. The Kier molecular flexibility index (Phi) is 6.41. The first kappa shape index (κ1) is 21.2. The molecule has 0 saturated carbocycles. The summed E-state index contributed by atoms with van der Waals surface area (Å²) in [7, 11) is 3.17. The number of nitrogens with zero attached hydrogens (tertiary/aromatic N) is 2. The molecule has 164 valence electrons. The molecular formula is C22H24FN3O4S. The van der Waals surface area contributed by atoms with Gasteiger partial charge in [0.25, 0.3) is 5.19 Å². The van der Waals surface area contributed by atoms with Crippen LogP contribution in [0.25, 0.3) is 10.2 Å². The molecule has 0 radical (unpaired) electrons. The third-order valence-corrected chi connectivity index (χ3v) is 6.15. The van der Waals surface area contributed by atoms with Crippen molar-refractivity contribution in [2.75, 3.05) is 27.3 Å². The Morgan fingerprint density at radius 3 is 2.68 bits per heavy atom. The average Bonchev–Trinajstić information content (AvgIpc) is 3.21. The minimum absolute atomic E-state index is 0.0430. The number of fused-ring (bicyclic) bond motifs is 1. The molecule has 0 aliphatic carbocycles. The second kappa shape index (κ2) is 9.38. The van der Waals surface area contributed by atoms with Gasteiger partial charge in [0.2, 0.25) is 0 Å². The van der Waals surface area contributed by atoms with Crippen LogP contribution in [0.2, 0.25) is 0 Å². The van der Waals surface area contributed by atoms with Crippen LogP contribution in [-0.2, 0) is 6.54 Å². The summed E-state index contributed by atoms with van der Waals surface area (Å²) in [5, 5.41) is 3.41. The van der Waals surface area contributed by atoms with Crippen LogP contribution in [0, 0.1) is 5.82 Å². The third kappa shape index (κ3) is 4.82. The zero-order valence-electron chi connectivity index (χ0n) is 17.4. The number of likely N-dealkylation sites (tertiary alicyclic amines) is 1. The molecule has 0 spiro atoms. The Labute approximate surface area is 183 Å². The van der Waals surface area contributed by atoms with Crippen LogP contribution in [-0.4, -0.2) is 49.3 Å². The molecule has 1 saturated heterocycles. The van der Waals surface area contributed by atoms with Crippen molar-refractivity contribution in [3.05, 3.63) is 47.8 Å². The van der Waals surface area contributed by atoms with E-state index in [1.165, 1.54) is 17.4 Å². The van der Waals surface area contributed by atoms with E-state index in [-0.39, 0.29) is 18.0 Å². The van der Waals surface area contributed by atoms with E-state index in [0.717, 1.165) is 10.3 Å². The molecule has 1 aromatic heterocycles. The van der Waals surface area contributed by atoms with Gasteiger partial charge >= 0.3 is 6.03 Å². The zero-order chi connectivity index (χ0) is 21.8. The van der Waals surface area contributed by atoms with E-state index in [1.807, 2.05) is 24.3 Å². The predicted molar refractivity (Wildman–Crippen MR) is 117 cm³/mol. The highest BCUT2D eigenvalue weighted by Crippen LogP contribution is 2.31. The second-order valence-electron chi connectivity index (χ2n) is 7.22. The number of hydrogen-bond donors (Lipinski definition) is 1. The van der Waals surface area contributed by atoms with Crippen molar-refractivity contribution in [2.24, 2.45) is 0 Å². The van der Waals surface area contributed by atoms with E-state index in [4.69, 9.17) is 14.2 Å². The van der Waals surface area contributed by atoms with Gasteiger partial charge in [-0.05, 0) is 29.8 Å². The van der Waals surface area contributed by atoms with E-state index in [2.05, 4.69) is 10.3 Å². The van der Waals surface area contributed by atoms with Crippen LogP contribution in [0.15, 0.2) is 36.4 Å². The topological polar surface area (TPSA) is 72.9 Å². The molecule has 1 N–H and O–H groups in total. The fraction of sp³-hybridized carbons (Fsp3) is 0.364. The van der Waals surface area contributed by atoms with Gasteiger partial charge in [0.15, 0.2) is 11.5 Å². The van der Waals surface area contributed by atoms with Gasteiger partial charge in [0, 0.05) is 32.5 Å². The van der Waals surface area contributed by atoms with Crippen molar-refractivity contribution in [2.45, 2.75) is 25.5 Å². The van der Waals surface area contributed by atoms with Gasteiger partial charge in [-0.15, -0.1) is 0 Å². The summed E-state index contributed by atoms with van der Waals surface area (Å²) in [5.74, 6) is 0.932. The van der Waals surface area contributed by atoms with Gasteiger partial charge in [-0.1, -0.05) is 23.5 Å². The number of benzene rings is 2. The van der Waals surface area contributed by atoms with E-state index in [9.17, 15) is 9.18 Å². The maximum absolute atomic E-state index is 13.8. The largest absolute Gasteiger partial charge is 0.493 e. The average molecular weight is 446 g/mol. The number of nitrogens with one attached hydrogen (secondary N) is 1. The van der Waals surface area contributed by atoms with Crippen LogP contribution < -0.4 is 19.5 Å². The lowest BCUT2D eigenvalue weighted by atomic mass is 10.1. The summed E-state index contributed by atoms with van der Waals surface area (Å²) >= 11 is 1.34. The summed E-state index contributed by atoms with van der Waals surface area (Å²) in [4.78, 5) is 18.6. The summed E-state index contributed by atoms with van der Waals surface area (Å²) in [6.45, 7) is 1.57. The standard InChI is InChI=1S/C22H24FN3O4S/c1-28-17-7-6-14(12-18(17)29-2)13-24-21(27)26-10-8-15(9-11-26)30-22-25-20-16(23)4-3-5-19(20)31-22/h3-7,12,15H,8-11,13H2,1-2H3,(H,24,27). The number of ether oxygens (including phenoxy) is 3. The highest BCUT2D eigenvalue weighted by molar-refractivity contribution is 7.20. The minimum atomic E-state index is -0.343. The maximum Gasteiger partial charge on any atom is 0.317 e. The molecular weight excluding hydrogens is 421 g/mol. The van der Waals surface area contributed by atoms with E-state index in [1.54, 1.807) is 25.2 Å². The molecule has 1 aliphatic rings. The quantitative estimate of drug-likeness (QED) is 0.616. The Bertz CT molecular complexity index is 1070. The SMILES string of the molecule is COc1ccc(CNC(=O)N2CCC(Oc3nc4c(F)cccc4s3)CC2)cc1OC. The Morgan fingerprint density at radius 2 is 1.97 bits per heavy atom. The molecule has 3 aromatic rings. The number of piperidine rings is 1. The number of thiazole rings is 1.